The molecule has 2 aromatic heterocycles. The first-order chi connectivity index (χ1) is 6.95. The minimum absolute atomic E-state index is 0.963. The molecule has 0 fully saturated rings. The zero-order valence-corrected chi connectivity index (χ0v) is 9.01. The predicted molar refractivity (Wildman–Crippen MR) is 57.4 cm³/mol. The second-order valence-corrected chi connectivity index (χ2v) is 4.69. The van der Waals surface area contributed by atoms with E-state index < -0.39 is 0 Å². The van der Waals surface area contributed by atoms with Gasteiger partial charge in [-0.15, -0.1) is 10.2 Å². The summed E-state index contributed by atoms with van der Waals surface area (Å²) in [5.41, 5.74) is 3.84. The summed E-state index contributed by atoms with van der Waals surface area (Å²) in [6, 6.07) is 5.97. The molecular weight excluding hydrogens is 214 g/mol. The first kappa shape index (κ1) is 9.61. The van der Waals surface area contributed by atoms with Crippen molar-refractivity contribution in [2.45, 2.75) is 10.8 Å². The Labute approximate surface area is 90.6 Å². The first-order valence-electron chi connectivity index (χ1n) is 4.17. The van der Waals surface area contributed by atoms with E-state index in [1.807, 2.05) is 24.4 Å². The quantitative estimate of drug-likeness (QED) is 0.742. The molecule has 0 amide bonds. The molecule has 0 unspecified atom stereocenters. The van der Waals surface area contributed by atoms with E-state index in [1.54, 1.807) is 11.8 Å². The lowest BCUT2D eigenvalue weighted by atomic mass is 10.3. The topological polar surface area (TPSA) is 38.7 Å². The number of nitrogens with zero attached hydrogens (tertiary/aromatic N) is 3. The predicted octanol–water partition coefficient (Wildman–Crippen LogP) is 2.07. The van der Waals surface area contributed by atoms with E-state index in [-0.39, 0.29) is 0 Å². The Bertz CT molecular complexity index is 361. The highest BCUT2D eigenvalue weighted by Gasteiger charge is 1.98. The lowest BCUT2D eigenvalue weighted by Gasteiger charge is -1.97. The number of thioether (sulfide) groups is 1. The largest absolute Gasteiger partial charge is 0.261 e. The van der Waals surface area contributed by atoms with E-state index >= 15 is 0 Å². The molecule has 2 heterocycles. The Morgan fingerprint density at radius 1 is 1.43 bits per heavy atom. The number of hydrogen-bond donors (Lipinski definition) is 0. The SMILES string of the molecule is [c]1nnc(SCCc2ccccn2)s1. The highest BCUT2D eigenvalue weighted by Crippen LogP contribution is 2.19. The Morgan fingerprint density at radius 3 is 3.14 bits per heavy atom. The van der Waals surface area contributed by atoms with Crippen LogP contribution in [0, 0.1) is 5.51 Å². The van der Waals surface area contributed by atoms with Crippen molar-refractivity contribution in [2.24, 2.45) is 0 Å². The van der Waals surface area contributed by atoms with Crippen LogP contribution in [0.25, 0.3) is 0 Å². The van der Waals surface area contributed by atoms with Crippen LogP contribution in [0.15, 0.2) is 28.7 Å². The third-order valence-corrected chi connectivity index (χ3v) is 3.38. The van der Waals surface area contributed by atoms with Crippen LogP contribution < -0.4 is 0 Å². The van der Waals surface area contributed by atoms with Gasteiger partial charge in [-0.3, -0.25) is 4.98 Å². The maximum Gasteiger partial charge on any atom is 0.179 e. The second-order valence-electron chi connectivity index (χ2n) is 2.58. The van der Waals surface area contributed by atoms with Crippen LogP contribution in [0.3, 0.4) is 0 Å². The molecule has 0 spiro atoms. The fourth-order valence-electron chi connectivity index (χ4n) is 0.988. The lowest BCUT2D eigenvalue weighted by molar-refractivity contribution is 0.999. The zero-order valence-electron chi connectivity index (χ0n) is 7.38. The van der Waals surface area contributed by atoms with Gasteiger partial charge in [0, 0.05) is 17.6 Å². The van der Waals surface area contributed by atoms with Crippen molar-refractivity contribution in [1.82, 2.24) is 15.2 Å². The van der Waals surface area contributed by atoms with Crippen molar-refractivity contribution in [3.05, 3.63) is 35.6 Å². The number of aromatic nitrogens is 3. The van der Waals surface area contributed by atoms with Gasteiger partial charge in [0.05, 0.1) is 0 Å². The minimum atomic E-state index is 0.963. The fourth-order valence-corrected chi connectivity index (χ4v) is 2.41. The summed E-state index contributed by atoms with van der Waals surface area (Å²) in [6.07, 6.45) is 2.78. The van der Waals surface area contributed by atoms with Crippen LogP contribution >= 0.6 is 23.1 Å². The molecule has 2 aromatic rings. The molecule has 0 aromatic carbocycles. The van der Waals surface area contributed by atoms with E-state index in [0.29, 0.717) is 0 Å². The lowest BCUT2D eigenvalue weighted by Crippen LogP contribution is -1.91. The monoisotopic (exact) mass is 222 g/mol. The average molecular weight is 222 g/mol. The van der Waals surface area contributed by atoms with Gasteiger partial charge in [0.15, 0.2) is 9.85 Å². The summed E-state index contributed by atoms with van der Waals surface area (Å²) in [5.74, 6) is 0.986. The van der Waals surface area contributed by atoms with Crippen molar-refractivity contribution >= 4 is 23.1 Å². The molecule has 0 atom stereocenters. The summed E-state index contributed by atoms with van der Waals surface area (Å²) in [6.45, 7) is 0. The van der Waals surface area contributed by atoms with Crippen molar-refractivity contribution < 1.29 is 0 Å². The standard InChI is InChI=1S/C9H8N3S2/c1-2-5-10-8(3-1)4-6-13-9-12-11-7-14-9/h1-3,5H,4,6H2. The van der Waals surface area contributed by atoms with E-state index in [9.17, 15) is 0 Å². The van der Waals surface area contributed by atoms with Crippen LogP contribution in [-0.4, -0.2) is 20.9 Å². The van der Waals surface area contributed by atoms with Crippen LogP contribution in [0.1, 0.15) is 5.69 Å². The molecule has 0 bridgehead atoms. The van der Waals surface area contributed by atoms with Gasteiger partial charge in [0.25, 0.3) is 0 Å². The molecule has 2 rings (SSSR count). The number of aryl methyl sites for hydroxylation is 1. The Hall–Kier alpha value is -0.940. The molecule has 1 radical (unpaired) electrons. The number of hydrogen-bond acceptors (Lipinski definition) is 5. The number of rotatable bonds is 4. The average Bonchev–Trinajstić information content (AvgIpc) is 2.72. The van der Waals surface area contributed by atoms with Crippen LogP contribution in [-0.2, 0) is 6.42 Å². The third-order valence-electron chi connectivity index (χ3n) is 1.62. The maximum atomic E-state index is 4.24. The van der Waals surface area contributed by atoms with E-state index in [4.69, 9.17) is 0 Å². The molecule has 0 N–H and O–H groups in total. The van der Waals surface area contributed by atoms with Crippen molar-refractivity contribution in [3.8, 4) is 0 Å². The molecule has 3 nitrogen and oxygen atoms in total. The van der Waals surface area contributed by atoms with Crippen LogP contribution in [0.2, 0.25) is 0 Å². The Balaban J connectivity index is 1.79. The van der Waals surface area contributed by atoms with Gasteiger partial charge >= 0.3 is 0 Å². The summed E-state index contributed by atoms with van der Waals surface area (Å²) in [4.78, 5) is 4.24. The molecule has 71 valence electrons. The zero-order chi connectivity index (χ0) is 9.64. The van der Waals surface area contributed by atoms with Crippen molar-refractivity contribution in [3.63, 3.8) is 0 Å². The normalized spacial score (nSPS) is 10.3. The first-order valence-corrected chi connectivity index (χ1v) is 5.97. The van der Waals surface area contributed by atoms with Crippen molar-refractivity contribution in [1.29, 1.82) is 0 Å². The molecule has 0 aliphatic rings. The van der Waals surface area contributed by atoms with Gasteiger partial charge < -0.3 is 0 Å². The highest BCUT2D eigenvalue weighted by atomic mass is 32.2. The Kier molecular flexibility index (Phi) is 3.48. The second kappa shape index (κ2) is 5.07. The third kappa shape index (κ3) is 2.78. The Morgan fingerprint density at radius 2 is 2.43 bits per heavy atom. The van der Waals surface area contributed by atoms with E-state index in [1.165, 1.54) is 11.3 Å². The molecule has 0 saturated carbocycles. The van der Waals surface area contributed by atoms with E-state index in [2.05, 4.69) is 20.7 Å². The molecule has 0 aliphatic carbocycles. The van der Waals surface area contributed by atoms with Crippen molar-refractivity contribution in [2.75, 3.05) is 5.75 Å². The van der Waals surface area contributed by atoms with Gasteiger partial charge in [0.1, 0.15) is 0 Å². The van der Waals surface area contributed by atoms with Crippen LogP contribution in [0.5, 0.6) is 0 Å². The summed E-state index contributed by atoms with van der Waals surface area (Å²) >= 11 is 3.15. The summed E-state index contributed by atoms with van der Waals surface area (Å²) in [7, 11) is 0. The summed E-state index contributed by atoms with van der Waals surface area (Å²) in [5, 5.41) is 7.56. The molecular formula is C9H8N3S2. The molecule has 0 saturated heterocycles. The molecule has 0 aliphatic heterocycles. The van der Waals surface area contributed by atoms with Gasteiger partial charge in [-0.25, -0.2) is 0 Å². The molecule has 5 heteroatoms. The van der Waals surface area contributed by atoms with Crippen LogP contribution in [0.4, 0.5) is 0 Å². The smallest absolute Gasteiger partial charge is 0.179 e. The maximum absolute atomic E-state index is 4.24. The molecule has 14 heavy (non-hydrogen) atoms. The van der Waals surface area contributed by atoms with E-state index in [0.717, 1.165) is 22.2 Å². The summed E-state index contributed by atoms with van der Waals surface area (Å²) < 4.78 is 0.973. The van der Waals surface area contributed by atoms with Gasteiger partial charge in [-0.1, -0.05) is 29.2 Å². The van der Waals surface area contributed by atoms with Gasteiger partial charge in [0.2, 0.25) is 0 Å². The van der Waals surface area contributed by atoms with Gasteiger partial charge in [-0.05, 0) is 18.6 Å². The minimum Gasteiger partial charge on any atom is -0.261 e. The fraction of sp³-hybridized carbons (Fsp3) is 0.222. The number of pyridine rings is 1. The van der Waals surface area contributed by atoms with Gasteiger partial charge in [-0.2, -0.15) is 0 Å². The highest BCUT2D eigenvalue weighted by molar-refractivity contribution is 8.00.